The van der Waals surface area contributed by atoms with E-state index in [0.717, 1.165) is 43.2 Å². The van der Waals surface area contributed by atoms with Gasteiger partial charge >= 0.3 is 0 Å². The molecule has 1 amide bonds. The van der Waals surface area contributed by atoms with Gasteiger partial charge in [0.1, 0.15) is 0 Å². The molecule has 2 saturated heterocycles. The van der Waals surface area contributed by atoms with E-state index in [2.05, 4.69) is 9.88 Å². The fourth-order valence-electron chi connectivity index (χ4n) is 3.57. The Morgan fingerprint density at radius 2 is 2.14 bits per heavy atom. The topological polar surface area (TPSA) is 56.7 Å². The van der Waals surface area contributed by atoms with Crippen molar-refractivity contribution in [2.24, 2.45) is 0 Å². The number of aryl methyl sites for hydroxylation is 1. The Balaban J connectivity index is 1.58. The molecule has 2 aliphatic rings. The second kappa shape index (κ2) is 6.64. The summed E-state index contributed by atoms with van der Waals surface area (Å²) in [5.41, 5.74) is 0.108. The first kappa shape index (κ1) is 15.9. The molecule has 5 nitrogen and oxygen atoms in total. The lowest BCUT2D eigenvalue weighted by atomic mass is 9.92. The molecule has 1 aromatic rings. The third kappa shape index (κ3) is 3.86. The SMILES string of the molecule is Cc1nc(CC(=O)N2CCC[C@](O)(CN3CCCC3)C2)cs1. The Labute approximate surface area is 135 Å². The minimum absolute atomic E-state index is 0.0878. The number of hydrogen-bond donors (Lipinski definition) is 1. The lowest BCUT2D eigenvalue weighted by molar-refractivity contribution is -0.138. The Morgan fingerprint density at radius 3 is 2.82 bits per heavy atom. The lowest BCUT2D eigenvalue weighted by Crippen LogP contribution is -2.55. The highest BCUT2D eigenvalue weighted by Gasteiger charge is 2.37. The number of amides is 1. The molecule has 3 rings (SSSR count). The van der Waals surface area contributed by atoms with Gasteiger partial charge in [-0.25, -0.2) is 4.98 Å². The highest BCUT2D eigenvalue weighted by Crippen LogP contribution is 2.24. The van der Waals surface area contributed by atoms with Gasteiger partial charge in [-0.2, -0.15) is 0 Å². The van der Waals surface area contributed by atoms with Crippen LogP contribution in [0.2, 0.25) is 0 Å². The number of β-amino-alcohol motifs (C(OH)–C–C–N with tert-alkyl or cyclic N) is 1. The van der Waals surface area contributed by atoms with Crippen LogP contribution in [0.25, 0.3) is 0 Å². The molecule has 0 saturated carbocycles. The molecule has 6 heteroatoms. The van der Waals surface area contributed by atoms with Crippen LogP contribution in [0.4, 0.5) is 0 Å². The molecule has 22 heavy (non-hydrogen) atoms. The summed E-state index contributed by atoms with van der Waals surface area (Å²) < 4.78 is 0. The molecule has 1 atom stereocenters. The number of thiazole rings is 1. The standard InChI is InChI=1S/C16H25N3O2S/c1-13-17-14(10-22-13)9-15(20)19-8-4-5-16(21,12-19)11-18-6-2-3-7-18/h10,21H,2-9,11-12H2,1H3/t16-/m0/s1. The summed E-state index contributed by atoms with van der Waals surface area (Å²) in [5.74, 6) is 0.0878. The van der Waals surface area contributed by atoms with E-state index < -0.39 is 5.60 Å². The molecular formula is C16H25N3O2S. The lowest BCUT2D eigenvalue weighted by Gasteiger charge is -2.41. The first-order valence-corrected chi connectivity index (χ1v) is 9.06. The van der Waals surface area contributed by atoms with Crippen LogP contribution in [0.1, 0.15) is 36.4 Å². The predicted molar refractivity (Wildman–Crippen MR) is 87.0 cm³/mol. The van der Waals surface area contributed by atoms with E-state index in [1.807, 2.05) is 17.2 Å². The fourth-order valence-corrected chi connectivity index (χ4v) is 4.18. The van der Waals surface area contributed by atoms with Crippen LogP contribution in [0.15, 0.2) is 5.38 Å². The summed E-state index contributed by atoms with van der Waals surface area (Å²) in [6.07, 6.45) is 4.48. The monoisotopic (exact) mass is 323 g/mol. The molecule has 2 aliphatic heterocycles. The third-order valence-corrected chi connectivity index (χ3v) is 5.45. The van der Waals surface area contributed by atoms with Crippen molar-refractivity contribution in [3.8, 4) is 0 Å². The van der Waals surface area contributed by atoms with Crippen LogP contribution >= 0.6 is 11.3 Å². The van der Waals surface area contributed by atoms with Gasteiger partial charge in [-0.1, -0.05) is 0 Å². The number of nitrogens with zero attached hydrogens (tertiary/aromatic N) is 3. The van der Waals surface area contributed by atoms with E-state index in [1.54, 1.807) is 11.3 Å². The zero-order chi connectivity index (χ0) is 15.6. The number of piperidine rings is 1. The van der Waals surface area contributed by atoms with Crippen molar-refractivity contribution in [2.75, 3.05) is 32.7 Å². The Morgan fingerprint density at radius 1 is 1.36 bits per heavy atom. The van der Waals surface area contributed by atoms with Gasteiger partial charge in [0.15, 0.2) is 0 Å². The molecule has 1 N–H and O–H groups in total. The van der Waals surface area contributed by atoms with Crippen LogP contribution < -0.4 is 0 Å². The minimum atomic E-state index is -0.740. The van der Waals surface area contributed by atoms with Crippen LogP contribution in [-0.4, -0.2) is 64.1 Å². The molecule has 0 aromatic carbocycles. The van der Waals surface area contributed by atoms with Gasteiger partial charge in [-0.05, 0) is 45.7 Å². The van der Waals surface area contributed by atoms with Crippen molar-refractivity contribution in [3.63, 3.8) is 0 Å². The zero-order valence-corrected chi connectivity index (χ0v) is 14.1. The molecule has 0 aliphatic carbocycles. The van der Waals surface area contributed by atoms with E-state index in [1.165, 1.54) is 12.8 Å². The van der Waals surface area contributed by atoms with E-state index in [9.17, 15) is 9.90 Å². The predicted octanol–water partition coefficient (Wildman–Crippen LogP) is 1.44. The third-order valence-electron chi connectivity index (χ3n) is 4.62. The molecule has 2 fully saturated rings. The number of carbonyl (C=O) groups is 1. The van der Waals surface area contributed by atoms with Crippen LogP contribution in [-0.2, 0) is 11.2 Å². The average molecular weight is 323 g/mol. The Kier molecular flexibility index (Phi) is 4.80. The zero-order valence-electron chi connectivity index (χ0n) is 13.3. The summed E-state index contributed by atoms with van der Waals surface area (Å²) >= 11 is 1.58. The van der Waals surface area contributed by atoms with Crippen LogP contribution in [0.3, 0.4) is 0 Å². The van der Waals surface area contributed by atoms with Gasteiger partial charge in [0.25, 0.3) is 0 Å². The van der Waals surface area contributed by atoms with Gasteiger partial charge in [0.05, 0.1) is 29.3 Å². The number of likely N-dealkylation sites (tertiary alicyclic amines) is 2. The fraction of sp³-hybridized carbons (Fsp3) is 0.750. The summed E-state index contributed by atoms with van der Waals surface area (Å²) in [5, 5.41) is 13.8. The average Bonchev–Trinajstić information content (AvgIpc) is 3.10. The van der Waals surface area contributed by atoms with E-state index in [-0.39, 0.29) is 5.91 Å². The second-order valence-corrected chi connectivity index (χ2v) is 7.72. The van der Waals surface area contributed by atoms with Crippen LogP contribution in [0.5, 0.6) is 0 Å². The van der Waals surface area contributed by atoms with Crippen molar-refractivity contribution in [1.82, 2.24) is 14.8 Å². The first-order chi connectivity index (χ1) is 10.5. The second-order valence-electron chi connectivity index (χ2n) is 6.66. The van der Waals surface area contributed by atoms with Gasteiger partial charge in [-0.15, -0.1) is 11.3 Å². The highest BCUT2D eigenvalue weighted by atomic mass is 32.1. The van der Waals surface area contributed by atoms with E-state index in [0.29, 0.717) is 19.5 Å². The maximum Gasteiger partial charge on any atom is 0.228 e. The summed E-state index contributed by atoms with van der Waals surface area (Å²) in [6.45, 7) is 6.03. The Bertz CT molecular complexity index is 527. The van der Waals surface area contributed by atoms with Crippen molar-refractivity contribution in [1.29, 1.82) is 0 Å². The van der Waals surface area contributed by atoms with Crippen molar-refractivity contribution >= 4 is 17.2 Å². The quantitative estimate of drug-likeness (QED) is 0.911. The van der Waals surface area contributed by atoms with Crippen molar-refractivity contribution in [3.05, 3.63) is 16.1 Å². The number of aliphatic hydroxyl groups is 1. The molecule has 0 radical (unpaired) electrons. The number of hydrogen-bond acceptors (Lipinski definition) is 5. The molecule has 0 unspecified atom stereocenters. The van der Waals surface area contributed by atoms with Gasteiger partial charge in [-0.3, -0.25) is 4.79 Å². The van der Waals surface area contributed by atoms with E-state index in [4.69, 9.17) is 0 Å². The number of rotatable bonds is 4. The maximum atomic E-state index is 12.5. The summed E-state index contributed by atoms with van der Waals surface area (Å²) in [4.78, 5) is 21.0. The molecule has 0 bridgehead atoms. The number of aromatic nitrogens is 1. The van der Waals surface area contributed by atoms with E-state index >= 15 is 0 Å². The summed E-state index contributed by atoms with van der Waals surface area (Å²) in [7, 11) is 0. The summed E-state index contributed by atoms with van der Waals surface area (Å²) in [6, 6.07) is 0. The van der Waals surface area contributed by atoms with Gasteiger partial charge < -0.3 is 14.9 Å². The van der Waals surface area contributed by atoms with Gasteiger partial charge in [0, 0.05) is 18.5 Å². The normalized spacial score (nSPS) is 26.5. The van der Waals surface area contributed by atoms with Crippen molar-refractivity contribution < 1.29 is 9.90 Å². The Hall–Kier alpha value is -0.980. The molecular weight excluding hydrogens is 298 g/mol. The highest BCUT2D eigenvalue weighted by molar-refractivity contribution is 7.09. The molecule has 3 heterocycles. The smallest absolute Gasteiger partial charge is 0.228 e. The molecule has 0 spiro atoms. The first-order valence-electron chi connectivity index (χ1n) is 8.18. The van der Waals surface area contributed by atoms with Gasteiger partial charge in [0.2, 0.25) is 5.91 Å². The molecule has 1 aromatic heterocycles. The largest absolute Gasteiger partial charge is 0.387 e. The minimum Gasteiger partial charge on any atom is -0.387 e. The maximum absolute atomic E-state index is 12.5. The molecule has 122 valence electrons. The van der Waals surface area contributed by atoms with Crippen molar-refractivity contribution in [2.45, 2.75) is 44.6 Å². The number of carbonyl (C=O) groups excluding carboxylic acids is 1. The van der Waals surface area contributed by atoms with Crippen LogP contribution in [0, 0.1) is 6.92 Å².